The van der Waals surface area contributed by atoms with Gasteiger partial charge in [0.05, 0.1) is 12.2 Å². The summed E-state index contributed by atoms with van der Waals surface area (Å²) in [6, 6.07) is 1.18. The Bertz CT molecular complexity index is 243. The zero-order valence-corrected chi connectivity index (χ0v) is 8.89. The number of nitrogens with zero attached hydrogens (tertiary/aromatic N) is 1. The van der Waals surface area contributed by atoms with Gasteiger partial charge in [-0.1, -0.05) is 0 Å². The zero-order valence-electron chi connectivity index (χ0n) is 8.89. The van der Waals surface area contributed by atoms with Gasteiger partial charge in [0.25, 0.3) is 0 Å². The van der Waals surface area contributed by atoms with Crippen molar-refractivity contribution in [3.63, 3.8) is 0 Å². The molecule has 0 radical (unpaired) electrons. The lowest BCUT2D eigenvalue weighted by Gasteiger charge is -2.30. The highest BCUT2D eigenvalue weighted by atomic mass is 19.4. The molecule has 0 aliphatic carbocycles. The van der Waals surface area contributed by atoms with Crippen LogP contribution in [-0.4, -0.2) is 29.5 Å². The van der Waals surface area contributed by atoms with Crippen LogP contribution in [0.3, 0.4) is 0 Å². The number of hydrogen-bond donors (Lipinski definition) is 2. The molecule has 0 fully saturated rings. The molecule has 0 amide bonds. The SMILES string of the molecule is CC(O)C(C)(C)NCC(C#N)C(F)(F)F. The third-order valence-corrected chi connectivity index (χ3v) is 2.36. The number of aliphatic hydroxyl groups excluding tert-OH is 1. The summed E-state index contributed by atoms with van der Waals surface area (Å²) in [5, 5.41) is 20.1. The molecule has 2 unspecified atom stereocenters. The minimum absolute atomic E-state index is 0.516. The summed E-state index contributed by atoms with van der Waals surface area (Å²) in [4.78, 5) is 0. The first kappa shape index (κ1) is 14.2. The summed E-state index contributed by atoms with van der Waals surface area (Å²) in [5.74, 6) is -2.05. The first-order valence-electron chi connectivity index (χ1n) is 4.50. The van der Waals surface area contributed by atoms with Gasteiger partial charge in [0, 0.05) is 12.1 Å². The minimum atomic E-state index is -4.53. The van der Waals surface area contributed by atoms with E-state index in [0.717, 1.165) is 0 Å². The molecule has 0 aromatic rings. The Morgan fingerprint density at radius 3 is 2.13 bits per heavy atom. The van der Waals surface area contributed by atoms with Crippen LogP contribution >= 0.6 is 0 Å². The third kappa shape index (κ3) is 4.49. The number of nitrogens with one attached hydrogen (secondary N) is 1. The molecule has 0 aromatic heterocycles. The van der Waals surface area contributed by atoms with E-state index in [-0.39, 0.29) is 0 Å². The Hall–Kier alpha value is -0.800. The molecule has 88 valence electrons. The number of aliphatic hydroxyl groups is 1. The second-order valence-corrected chi connectivity index (χ2v) is 4.00. The van der Waals surface area contributed by atoms with Crippen molar-refractivity contribution in [1.29, 1.82) is 5.26 Å². The summed E-state index contributed by atoms with van der Waals surface area (Å²) < 4.78 is 36.5. The molecule has 0 bridgehead atoms. The highest BCUT2D eigenvalue weighted by Gasteiger charge is 2.40. The highest BCUT2D eigenvalue weighted by molar-refractivity contribution is 4.93. The molecule has 0 spiro atoms. The lowest BCUT2D eigenvalue weighted by Crippen LogP contribution is -2.51. The Morgan fingerprint density at radius 1 is 1.40 bits per heavy atom. The van der Waals surface area contributed by atoms with Gasteiger partial charge in [-0.15, -0.1) is 0 Å². The van der Waals surface area contributed by atoms with E-state index in [4.69, 9.17) is 5.26 Å². The molecule has 6 heteroatoms. The van der Waals surface area contributed by atoms with Crippen LogP contribution in [0.1, 0.15) is 20.8 Å². The highest BCUT2D eigenvalue weighted by Crippen LogP contribution is 2.25. The molecule has 0 rings (SSSR count). The van der Waals surface area contributed by atoms with Crippen molar-refractivity contribution < 1.29 is 18.3 Å². The van der Waals surface area contributed by atoms with Gasteiger partial charge in [-0.05, 0) is 20.8 Å². The van der Waals surface area contributed by atoms with Gasteiger partial charge in [0.1, 0.15) is 0 Å². The van der Waals surface area contributed by atoms with Crippen molar-refractivity contribution in [3.05, 3.63) is 0 Å². The van der Waals surface area contributed by atoms with Crippen molar-refractivity contribution in [1.82, 2.24) is 5.32 Å². The maximum absolute atomic E-state index is 12.2. The van der Waals surface area contributed by atoms with Gasteiger partial charge < -0.3 is 10.4 Å². The summed E-state index contributed by atoms with van der Waals surface area (Å²) >= 11 is 0. The summed E-state index contributed by atoms with van der Waals surface area (Å²) in [5.41, 5.74) is -0.847. The number of alkyl halides is 3. The van der Waals surface area contributed by atoms with Gasteiger partial charge in [0.2, 0.25) is 0 Å². The van der Waals surface area contributed by atoms with Crippen LogP contribution in [0.2, 0.25) is 0 Å². The topological polar surface area (TPSA) is 56.0 Å². The fourth-order valence-electron chi connectivity index (χ4n) is 0.747. The van der Waals surface area contributed by atoms with Gasteiger partial charge in [-0.3, -0.25) is 0 Å². The van der Waals surface area contributed by atoms with E-state index in [2.05, 4.69) is 5.32 Å². The van der Waals surface area contributed by atoms with Gasteiger partial charge in [-0.2, -0.15) is 18.4 Å². The van der Waals surface area contributed by atoms with Crippen LogP contribution in [0.5, 0.6) is 0 Å². The Morgan fingerprint density at radius 2 is 1.87 bits per heavy atom. The van der Waals surface area contributed by atoms with Crippen molar-refractivity contribution in [2.75, 3.05) is 6.54 Å². The molecule has 0 saturated heterocycles. The quantitative estimate of drug-likeness (QED) is 0.759. The largest absolute Gasteiger partial charge is 0.405 e. The third-order valence-electron chi connectivity index (χ3n) is 2.36. The Kier molecular flexibility index (Phi) is 4.56. The molecule has 3 nitrogen and oxygen atoms in total. The van der Waals surface area contributed by atoms with Crippen molar-refractivity contribution in [3.8, 4) is 6.07 Å². The van der Waals surface area contributed by atoms with Crippen molar-refractivity contribution in [2.45, 2.75) is 38.6 Å². The van der Waals surface area contributed by atoms with Crippen LogP contribution in [0.4, 0.5) is 13.2 Å². The molecule has 2 N–H and O–H groups in total. The molecule has 0 aliphatic rings. The molecule has 2 atom stereocenters. The van der Waals surface area contributed by atoms with Gasteiger partial charge in [0.15, 0.2) is 5.92 Å². The Labute approximate surface area is 86.9 Å². The van der Waals surface area contributed by atoms with Crippen molar-refractivity contribution in [2.24, 2.45) is 5.92 Å². The average molecular weight is 224 g/mol. The second-order valence-electron chi connectivity index (χ2n) is 4.00. The van der Waals surface area contributed by atoms with E-state index in [0.29, 0.717) is 0 Å². The molecule has 0 heterocycles. The van der Waals surface area contributed by atoms with Crippen LogP contribution in [0.25, 0.3) is 0 Å². The fraction of sp³-hybridized carbons (Fsp3) is 0.889. The predicted octanol–water partition coefficient (Wildman–Crippen LogP) is 1.44. The molecular formula is C9H15F3N2O. The zero-order chi connectivity index (χ0) is 12.3. The van der Waals surface area contributed by atoms with E-state index in [1.54, 1.807) is 13.8 Å². The fourth-order valence-corrected chi connectivity index (χ4v) is 0.747. The van der Waals surface area contributed by atoms with Gasteiger partial charge >= 0.3 is 6.18 Å². The van der Waals surface area contributed by atoms with Crippen LogP contribution in [0, 0.1) is 17.2 Å². The van der Waals surface area contributed by atoms with E-state index in [1.807, 2.05) is 0 Å². The smallest absolute Gasteiger partial charge is 0.392 e. The molecule has 0 aromatic carbocycles. The van der Waals surface area contributed by atoms with Gasteiger partial charge in [-0.25, -0.2) is 0 Å². The molecule has 0 aliphatic heterocycles. The average Bonchev–Trinajstić information content (AvgIpc) is 2.02. The van der Waals surface area contributed by atoms with Crippen LogP contribution in [-0.2, 0) is 0 Å². The minimum Gasteiger partial charge on any atom is -0.392 e. The van der Waals surface area contributed by atoms with E-state index < -0.39 is 30.3 Å². The van der Waals surface area contributed by atoms with E-state index in [9.17, 15) is 18.3 Å². The normalized spacial score (nSPS) is 16.9. The maximum atomic E-state index is 12.2. The summed E-state index contributed by atoms with van der Waals surface area (Å²) in [6.07, 6.45) is -5.33. The number of rotatable bonds is 4. The van der Waals surface area contributed by atoms with E-state index in [1.165, 1.54) is 13.0 Å². The second kappa shape index (κ2) is 4.81. The maximum Gasteiger partial charge on any atom is 0.405 e. The Balaban J connectivity index is 4.33. The molecule has 0 saturated carbocycles. The number of hydrogen-bond acceptors (Lipinski definition) is 3. The standard InChI is InChI=1S/C9H15F3N2O/c1-6(15)8(2,3)14-5-7(4-13)9(10,11)12/h6-7,14-15H,5H2,1-3H3. The van der Waals surface area contributed by atoms with E-state index >= 15 is 0 Å². The molecular weight excluding hydrogens is 209 g/mol. The first-order valence-corrected chi connectivity index (χ1v) is 4.50. The van der Waals surface area contributed by atoms with Crippen LogP contribution < -0.4 is 5.32 Å². The summed E-state index contributed by atoms with van der Waals surface area (Å²) in [6.45, 7) is 4.10. The number of halogens is 3. The monoisotopic (exact) mass is 224 g/mol. The molecule has 15 heavy (non-hydrogen) atoms. The lowest BCUT2D eigenvalue weighted by atomic mass is 9.97. The number of nitriles is 1. The lowest BCUT2D eigenvalue weighted by molar-refractivity contribution is -0.158. The van der Waals surface area contributed by atoms with Crippen molar-refractivity contribution >= 4 is 0 Å². The first-order chi connectivity index (χ1) is 6.61. The van der Waals surface area contributed by atoms with Crippen LogP contribution in [0.15, 0.2) is 0 Å². The predicted molar refractivity (Wildman–Crippen MR) is 48.9 cm³/mol. The summed E-state index contributed by atoms with van der Waals surface area (Å²) in [7, 11) is 0.